The Hall–Kier alpha value is -2.21. The standard InChI is InChI=1S/C14H9F2N3S/c15-11-3-1-10(2-4-11)14-9-17-19(18-14)20-13-7-5-12(16)6-8-13/h1-9H. The molecule has 0 aliphatic carbocycles. The van der Waals surface area contributed by atoms with Crippen LogP contribution in [0.3, 0.4) is 0 Å². The lowest BCUT2D eigenvalue weighted by atomic mass is 10.2. The summed E-state index contributed by atoms with van der Waals surface area (Å²) in [5, 5.41) is 8.39. The van der Waals surface area contributed by atoms with E-state index in [2.05, 4.69) is 10.2 Å². The molecule has 0 aliphatic heterocycles. The Labute approximate surface area is 118 Å². The van der Waals surface area contributed by atoms with Gasteiger partial charge in [0, 0.05) is 22.4 Å². The van der Waals surface area contributed by atoms with Crippen molar-refractivity contribution in [1.29, 1.82) is 0 Å². The predicted octanol–water partition coefficient (Wildman–Crippen LogP) is 3.78. The van der Waals surface area contributed by atoms with Crippen molar-refractivity contribution in [2.75, 3.05) is 0 Å². The molecule has 0 atom stereocenters. The second kappa shape index (κ2) is 5.42. The molecule has 0 spiro atoms. The molecule has 0 fully saturated rings. The molecule has 0 aliphatic rings. The van der Waals surface area contributed by atoms with E-state index in [4.69, 9.17) is 0 Å². The van der Waals surface area contributed by atoms with E-state index in [0.29, 0.717) is 5.69 Å². The number of hydrogen-bond donors (Lipinski definition) is 0. The summed E-state index contributed by atoms with van der Waals surface area (Å²) in [6.07, 6.45) is 1.60. The lowest BCUT2D eigenvalue weighted by Crippen LogP contribution is -1.91. The van der Waals surface area contributed by atoms with Crippen molar-refractivity contribution in [2.24, 2.45) is 0 Å². The van der Waals surface area contributed by atoms with Crippen molar-refractivity contribution in [3.63, 3.8) is 0 Å². The molecule has 0 saturated carbocycles. The van der Waals surface area contributed by atoms with E-state index < -0.39 is 0 Å². The van der Waals surface area contributed by atoms with Crippen LogP contribution in [-0.2, 0) is 0 Å². The molecule has 1 heterocycles. The predicted molar refractivity (Wildman–Crippen MR) is 73.1 cm³/mol. The van der Waals surface area contributed by atoms with E-state index in [1.807, 2.05) is 0 Å². The highest BCUT2D eigenvalue weighted by Crippen LogP contribution is 2.21. The Bertz CT molecular complexity index is 708. The molecule has 3 rings (SSSR count). The van der Waals surface area contributed by atoms with E-state index in [1.165, 1.54) is 40.4 Å². The minimum Gasteiger partial charge on any atom is -0.207 e. The highest BCUT2D eigenvalue weighted by molar-refractivity contribution is 7.97. The fraction of sp³-hybridized carbons (Fsp3) is 0. The van der Waals surface area contributed by atoms with Gasteiger partial charge < -0.3 is 0 Å². The second-order valence-electron chi connectivity index (χ2n) is 4.03. The number of nitrogens with zero attached hydrogens (tertiary/aromatic N) is 3. The quantitative estimate of drug-likeness (QED) is 0.735. The third kappa shape index (κ3) is 2.85. The molecular weight excluding hydrogens is 280 g/mol. The Kier molecular flexibility index (Phi) is 3.47. The Morgan fingerprint density at radius 2 is 1.45 bits per heavy atom. The van der Waals surface area contributed by atoms with Crippen LogP contribution in [-0.4, -0.2) is 14.4 Å². The van der Waals surface area contributed by atoms with E-state index in [1.54, 1.807) is 30.5 Å². The summed E-state index contributed by atoms with van der Waals surface area (Å²) in [4.78, 5) is 0.827. The molecule has 3 nitrogen and oxygen atoms in total. The van der Waals surface area contributed by atoms with Gasteiger partial charge in [-0.25, -0.2) is 8.78 Å². The largest absolute Gasteiger partial charge is 0.207 e. The molecule has 0 N–H and O–H groups in total. The molecule has 0 radical (unpaired) electrons. The topological polar surface area (TPSA) is 30.7 Å². The van der Waals surface area contributed by atoms with Crippen LogP contribution in [0.1, 0.15) is 0 Å². The zero-order valence-electron chi connectivity index (χ0n) is 10.2. The van der Waals surface area contributed by atoms with Crippen LogP contribution in [0, 0.1) is 11.6 Å². The summed E-state index contributed by atoms with van der Waals surface area (Å²) >= 11 is 1.27. The molecular formula is C14H9F2N3S. The highest BCUT2D eigenvalue weighted by Gasteiger charge is 2.05. The molecule has 0 saturated heterocycles. The second-order valence-corrected chi connectivity index (χ2v) is 5.02. The van der Waals surface area contributed by atoms with Crippen LogP contribution in [0.4, 0.5) is 8.78 Å². The van der Waals surface area contributed by atoms with Crippen LogP contribution >= 0.6 is 11.9 Å². The van der Waals surface area contributed by atoms with Gasteiger partial charge in [0.1, 0.15) is 17.3 Å². The summed E-state index contributed by atoms with van der Waals surface area (Å²) in [7, 11) is 0. The molecule has 0 amide bonds. The number of halogens is 2. The van der Waals surface area contributed by atoms with Gasteiger partial charge in [0.05, 0.1) is 6.20 Å². The van der Waals surface area contributed by atoms with Gasteiger partial charge in [-0.1, -0.05) is 0 Å². The number of aromatic nitrogens is 3. The highest BCUT2D eigenvalue weighted by atomic mass is 32.2. The van der Waals surface area contributed by atoms with Crippen LogP contribution in [0.5, 0.6) is 0 Å². The van der Waals surface area contributed by atoms with E-state index in [-0.39, 0.29) is 11.6 Å². The van der Waals surface area contributed by atoms with Crippen LogP contribution in [0.25, 0.3) is 11.3 Å². The van der Waals surface area contributed by atoms with Crippen molar-refractivity contribution in [3.8, 4) is 11.3 Å². The molecule has 100 valence electrons. The summed E-state index contributed by atoms with van der Waals surface area (Å²) < 4.78 is 27.1. The first kappa shape index (κ1) is 12.8. The zero-order chi connectivity index (χ0) is 13.9. The number of hydrogen-bond acceptors (Lipinski definition) is 3. The SMILES string of the molecule is Fc1ccc(Sn2ncc(-c3ccc(F)cc3)n2)cc1. The fourth-order valence-electron chi connectivity index (χ4n) is 1.63. The molecule has 0 unspecified atom stereocenters. The maximum absolute atomic E-state index is 12.9. The Morgan fingerprint density at radius 1 is 0.850 bits per heavy atom. The Balaban J connectivity index is 1.80. The summed E-state index contributed by atoms with van der Waals surface area (Å²) in [5.41, 5.74) is 1.44. The average molecular weight is 289 g/mol. The third-order valence-corrected chi connectivity index (χ3v) is 3.43. The maximum atomic E-state index is 12.9. The van der Waals surface area contributed by atoms with Crippen LogP contribution < -0.4 is 0 Å². The van der Waals surface area contributed by atoms with Gasteiger partial charge in [-0.15, -0.1) is 14.4 Å². The fourth-order valence-corrected chi connectivity index (χ4v) is 2.30. The van der Waals surface area contributed by atoms with Gasteiger partial charge in [0.2, 0.25) is 0 Å². The van der Waals surface area contributed by atoms with Crippen LogP contribution in [0.2, 0.25) is 0 Å². The van der Waals surface area contributed by atoms with Gasteiger partial charge in [0.25, 0.3) is 0 Å². The monoisotopic (exact) mass is 289 g/mol. The minimum atomic E-state index is -0.290. The molecule has 2 aromatic carbocycles. The third-order valence-electron chi connectivity index (χ3n) is 2.61. The van der Waals surface area contributed by atoms with E-state index in [9.17, 15) is 8.78 Å². The first-order valence-corrected chi connectivity index (χ1v) is 6.60. The summed E-state index contributed by atoms with van der Waals surface area (Å²) in [6, 6.07) is 12.1. The van der Waals surface area contributed by atoms with Gasteiger partial charge in [-0.2, -0.15) is 0 Å². The maximum Gasteiger partial charge on any atom is 0.123 e. The molecule has 0 bridgehead atoms. The van der Waals surface area contributed by atoms with Crippen LogP contribution in [0.15, 0.2) is 59.6 Å². The first-order chi connectivity index (χ1) is 9.70. The lowest BCUT2D eigenvalue weighted by Gasteiger charge is -1.98. The van der Waals surface area contributed by atoms with Gasteiger partial charge in [-0.05, 0) is 48.5 Å². The zero-order valence-corrected chi connectivity index (χ0v) is 11.0. The van der Waals surface area contributed by atoms with Gasteiger partial charge in [0.15, 0.2) is 0 Å². The molecule has 1 aromatic heterocycles. The van der Waals surface area contributed by atoms with E-state index in [0.717, 1.165) is 10.5 Å². The number of benzene rings is 2. The average Bonchev–Trinajstić information content (AvgIpc) is 2.91. The van der Waals surface area contributed by atoms with Crippen molar-refractivity contribution < 1.29 is 8.78 Å². The minimum absolute atomic E-state index is 0.283. The normalized spacial score (nSPS) is 10.7. The number of rotatable bonds is 3. The molecule has 3 aromatic rings. The van der Waals surface area contributed by atoms with Crippen molar-refractivity contribution in [1.82, 2.24) is 14.4 Å². The van der Waals surface area contributed by atoms with Gasteiger partial charge >= 0.3 is 0 Å². The Morgan fingerprint density at radius 3 is 2.10 bits per heavy atom. The first-order valence-electron chi connectivity index (χ1n) is 5.83. The van der Waals surface area contributed by atoms with Crippen molar-refractivity contribution >= 4 is 11.9 Å². The van der Waals surface area contributed by atoms with Gasteiger partial charge in [-0.3, -0.25) is 0 Å². The van der Waals surface area contributed by atoms with Crippen molar-refractivity contribution in [3.05, 3.63) is 66.4 Å². The molecule has 6 heteroatoms. The van der Waals surface area contributed by atoms with Crippen molar-refractivity contribution in [2.45, 2.75) is 4.90 Å². The molecule has 20 heavy (non-hydrogen) atoms. The summed E-state index contributed by atoms with van der Waals surface area (Å²) in [6.45, 7) is 0. The van der Waals surface area contributed by atoms with E-state index >= 15 is 0 Å². The summed E-state index contributed by atoms with van der Waals surface area (Å²) in [5.74, 6) is -0.573. The lowest BCUT2D eigenvalue weighted by molar-refractivity contribution is 0.626. The smallest absolute Gasteiger partial charge is 0.123 e.